The number of anilines is 1. The highest BCUT2D eigenvalue weighted by Gasteiger charge is 2.33. The maximum Gasteiger partial charge on any atom is 0.173 e. The Kier molecular flexibility index (Phi) is 7.67. The van der Waals surface area contributed by atoms with E-state index in [0.29, 0.717) is 18.1 Å². The number of nitrogens with one attached hydrogen (secondary N) is 2. The monoisotopic (exact) mass is 400 g/mol. The lowest BCUT2D eigenvalue weighted by Crippen LogP contribution is -3.05. The van der Waals surface area contributed by atoms with Crippen LogP contribution in [0.3, 0.4) is 0 Å². The summed E-state index contributed by atoms with van der Waals surface area (Å²) in [6.45, 7) is 4.35. The lowest BCUT2D eigenvalue weighted by Gasteiger charge is -2.31. The molecule has 1 aliphatic heterocycles. The lowest BCUT2D eigenvalue weighted by molar-refractivity contribution is -0.858. The Morgan fingerprint density at radius 2 is 2.04 bits per heavy atom. The van der Waals surface area contributed by atoms with Crippen molar-refractivity contribution in [2.75, 3.05) is 50.6 Å². The molecule has 2 rings (SSSR count). The zero-order valence-electron chi connectivity index (χ0n) is 15.8. The molecule has 0 unspecified atom stereocenters. The molecule has 2 N–H and O–H groups in total. The molecule has 1 aromatic rings. The van der Waals surface area contributed by atoms with Crippen molar-refractivity contribution in [3.63, 3.8) is 0 Å². The highest BCUT2D eigenvalue weighted by molar-refractivity contribution is 7.91. The van der Waals surface area contributed by atoms with Crippen LogP contribution in [0.2, 0.25) is 0 Å². The molecule has 1 heterocycles. The van der Waals surface area contributed by atoms with Gasteiger partial charge in [-0.15, -0.1) is 0 Å². The molecule has 6 nitrogen and oxygen atoms in total. The van der Waals surface area contributed by atoms with Gasteiger partial charge in [-0.3, -0.25) is 0 Å². The van der Waals surface area contributed by atoms with Gasteiger partial charge < -0.3 is 19.9 Å². The third-order valence-electron chi connectivity index (χ3n) is 4.40. The van der Waals surface area contributed by atoms with Crippen molar-refractivity contribution in [2.24, 2.45) is 0 Å². The largest absolute Gasteiger partial charge is 0.494 e. The van der Waals surface area contributed by atoms with E-state index in [1.807, 2.05) is 31.2 Å². The van der Waals surface area contributed by atoms with Crippen LogP contribution < -0.4 is 15.0 Å². The smallest absolute Gasteiger partial charge is 0.173 e. The molecule has 0 amide bonds. The molecule has 1 saturated heterocycles. The van der Waals surface area contributed by atoms with Gasteiger partial charge >= 0.3 is 0 Å². The number of sulfone groups is 1. The highest BCUT2D eigenvalue weighted by Crippen LogP contribution is 2.21. The first kappa shape index (κ1) is 20.9. The maximum absolute atomic E-state index is 11.9. The minimum atomic E-state index is -2.95. The zero-order chi connectivity index (χ0) is 19.2. The van der Waals surface area contributed by atoms with Gasteiger partial charge in [0.1, 0.15) is 5.75 Å². The number of hydrogen-bond donors (Lipinski definition) is 2. The Hall–Kier alpha value is -1.38. The molecular weight excluding hydrogens is 370 g/mol. The average molecular weight is 401 g/mol. The van der Waals surface area contributed by atoms with E-state index in [1.54, 1.807) is 0 Å². The number of rotatable bonds is 8. The number of quaternary nitrogens is 1. The average Bonchev–Trinajstić information content (AvgIpc) is 2.93. The van der Waals surface area contributed by atoms with Gasteiger partial charge in [-0.25, -0.2) is 8.42 Å². The summed E-state index contributed by atoms with van der Waals surface area (Å²) in [5.41, 5.74) is 0.877. The second kappa shape index (κ2) is 9.53. The van der Waals surface area contributed by atoms with Crippen LogP contribution in [0.1, 0.15) is 19.8 Å². The number of ether oxygens (including phenoxy) is 1. The predicted molar refractivity (Wildman–Crippen MR) is 110 cm³/mol. The normalized spacial score (nSPS) is 18.7. The number of hydrogen-bond acceptors (Lipinski definition) is 4. The van der Waals surface area contributed by atoms with Crippen LogP contribution in [0.15, 0.2) is 24.3 Å². The fourth-order valence-corrected chi connectivity index (χ4v) is 5.16. The summed E-state index contributed by atoms with van der Waals surface area (Å²) in [5, 5.41) is 3.84. The molecule has 146 valence electrons. The first-order chi connectivity index (χ1) is 12.3. The third-order valence-corrected chi connectivity index (χ3v) is 6.49. The van der Waals surface area contributed by atoms with Crippen molar-refractivity contribution in [1.29, 1.82) is 0 Å². The van der Waals surface area contributed by atoms with Crippen molar-refractivity contribution in [1.82, 2.24) is 4.90 Å². The summed E-state index contributed by atoms with van der Waals surface area (Å²) in [6, 6.07) is 7.60. The van der Waals surface area contributed by atoms with Crippen LogP contribution in [-0.4, -0.2) is 69.8 Å². The van der Waals surface area contributed by atoms with E-state index < -0.39 is 9.84 Å². The van der Waals surface area contributed by atoms with E-state index in [1.165, 1.54) is 4.90 Å². The Morgan fingerprint density at radius 3 is 2.58 bits per heavy atom. The second-order valence-electron chi connectivity index (χ2n) is 6.95. The zero-order valence-corrected chi connectivity index (χ0v) is 17.5. The molecule has 8 heteroatoms. The van der Waals surface area contributed by atoms with Crippen LogP contribution in [0, 0.1) is 0 Å². The van der Waals surface area contributed by atoms with E-state index in [0.717, 1.165) is 30.9 Å². The van der Waals surface area contributed by atoms with Gasteiger partial charge in [0.15, 0.2) is 14.9 Å². The Bertz CT molecular complexity index is 690. The maximum atomic E-state index is 11.9. The van der Waals surface area contributed by atoms with Gasteiger partial charge in [-0.05, 0) is 49.8 Å². The molecule has 0 saturated carbocycles. The van der Waals surface area contributed by atoms with Crippen LogP contribution in [0.5, 0.6) is 5.75 Å². The molecular formula is C18H30N3O3S2+. The lowest BCUT2D eigenvalue weighted by atomic mass is 10.2. The van der Waals surface area contributed by atoms with E-state index >= 15 is 0 Å². The van der Waals surface area contributed by atoms with Gasteiger partial charge in [0.05, 0.1) is 38.8 Å². The first-order valence-corrected chi connectivity index (χ1v) is 11.3. The second-order valence-corrected chi connectivity index (χ2v) is 9.56. The molecule has 0 aliphatic carbocycles. The Morgan fingerprint density at radius 1 is 1.35 bits per heavy atom. The van der Waals surface area contributed by atoms with Crippen LogP contribution in [0.4, 0.5) is 5.69 Å². The molecule has 0 bridgehead atoms. The van der Waals surface area contributed by atoms with Gasteiger partial charge in [0.2, 0.25) is 0 Å². The summed E-state index contributed by atoms with van der Waals surface area (Å²) in [7, 11) is 1.27. The van der Waals surface area contributed by atoms with Gasteiger partial charge in [-0.2, -0.15) is 0 Å². The van der Waals surface area contributed by atoms with Crippen LogP contribution >= 0.6 is 12.2 Å². The molecule has 1 aromatic carbocycles. The minimum Gasteiger partial charge on any atom is -0.494 e. The highest BCUT2D eigenvalue weighted by atomic mass is 32.2. The van der Waals surface area contributed by atoms with E-state index in [-0.39, 0.29) is 17.5 Å². The van der Waals surface area contributed by atoms with Crippen molar-refractivity contribution in [3.8, 4) is 5.75 Å². The van der Waals surface area contributed by atoms with Crippen LogP contribution in [-0.2, 0) is 9.84 Å². The van der Waals surface area contributed by atoms with Crippen molar-refractivity contribution < 1.29 is 18.1 Å². The summed E-state index contributed by atoms with van der Waals surface area (Å²) < 4.78 is 29.3. The van der Waals surface area contributed by atoms with Gasteiger partial charge in [0.25, 0.3) is 0 Å². The van der Waals surface area contributed by atoms with Crippen molar-refractivity contribution in [2.45, 2.75) is 25.8 Å². The van der Waals surface area contributed by atoms with Gasteiger partial charge in [0, 0.05) is 24.7 Å². The molecule has 1 aliphatic rings. The van der Waals surface area contributed by atoms with Gasteiger partial charge in [-0.1, -0.05) is 0 Å². The molecule has 0 spiro atoms. The summed E-state index contributed by atoms with van der Waals surface area (Å²) in [4.78, 5) is 3.42. The van der Waals surface area contributed by atoms with E-state index in [9.17, 15) is 8.42 Å². The standard InChI is InChI=1S/C18H29N3O3S2/c1-4-24-17-8-6-15(7-9-17)19-18(25)21(12-5-11-20(2)3)16-10-13-26(22,23)14-16/h6-9,16H,4-5,10-14H2,1-3H3,(H,19,25)/p+1/t16-/m0/s1. The van der Waals surface area contributed by atoms with E-state index in [4.69, 9.17) is 17.0 Å². The molecule has 1 atom stereocenters. The molecule has 0 radical (unpaired) electrons. The fourth-order valence-electron chi connectivity index (χ4n) is 3.07. The summed E-state index contributed by atoms with van der Waals surface area (Å²) in [6.07, 6.45) is 1.60. The molecule has 0 aromatic heterocycles. The first-order valence-electron chi connectivity index (χ1n) is 9.10. The predicted octanol–water partition coefficient (Wildman–Crippen LogP) is 0.806. The van der Waals surface area contributed by atoms with Crippen molar-refractivity contribution in [3.05, 3.63) is 24.3 Å². The number of nitrogens with zero attached hydrogens (tertiary/aromatic N) is 1. The molecule has 26 heavy (non-hydrogen) atoms. The van der Waals surface area contributed by atoms with E-state index in [2.05, 4.69) is 24.3 Å². The summed E-state index contributed by atoms with van der Waals surface area (Å²) in [5.74, 6) is 1.25. The Balaban J connectivity index is 2.03. The minimum absolute atomic E-state index is 0.0418. The van der Waals surface area contributed by atoms with Crippen molar-refractivity contribution >= 4 is 32.9 Å². The molecule has 1 fully saturated rings. The number of benzene rings is 1. The van der Waals surface area contributed by atoms with Crippen LogP contribution in [0.25, 0.3) is 0 Å². The summed E-state index contributed by atoms with van der Waals surface area (Å²) >= 11 is 5.61. The topological polar surface area (TPSA) is 63.1 Å². The Labute approximate surface area is 162 Å². The quantitative estimate of drug-likeness (QED) is 0.630. The SMILES string of the molecule is CCOc1ccc(NC(=S)N(CCC[NH+](C)C)[C@H]2CCS(=O)(=O)C2)cc1. The third kappa shape index (κ3) is 6.41. The number of thiocarbonyl (C=S) groups is 1. The fraction of sp³-hybridized carbons (Fsp3) is 0.611.